The van der Waals surface area contributed by atoms with Gasteiger partial charge in [-0.25, -0.2) is 9.07 Å². The van der Waals surface area contributed by atoms with Crippen molar-refractivity contribution in [3.05, 3.63) is 46.5 Å². The molecule has 0 spiro atoms. The number of hydrogen-bond acceptors (Lipinski definition) is 3. The number of carbonyl (C=O) groups is 1. The number of piperazine rings is 1. The number of nitrogens with zero attached hydrogens (tertiary/aromatic N) is 3. The number of amides is 1. The summed E-state index contributed by atoms with van der Waals surface area (Å²) in [4.78, 5) is 15.0. The molecular formula is C19H24ClFN4O. The van der Waals surface area contributed by atoms with E-state index in [-0.39, 0.29) is 30.2 Å². The summed E-state index contributed by atoms with van der Waals surface area (Å²) in [6.07, 6.45) is 2.66. The summed E-state index contributed by atoms with van der Waals surface area (Å²) in [5.74, 6) is -0.329. The molecule has 0 saturated carbocycles. The van der Waals surface area contributed by atoms with E-state index < -0.39 is 0 Å². The van der Waals surface area contributed by atoms with E-state index in [1.165, 1.54) is 6.07 Å². The number of nitrogens with one attached hydrogen (secondary N) is 1. The molecule has 1 aromatic carbocycles. The second-order valence-corrected chi connectivity index (χ2v) is 7.05. The first-order chi connectivity index (χ1) is 12.1. The van der Waals surface area contributed by atoms with Gasteiger partial charge in [-0.3, -0.25) is 4.79 Å². The molecular weight excluding hydrogens is 355 g/mol. The fraction of sp³-hybridized carbons (Fsp3) is 0.474. The summed E-state index contributed by atoms with van der Waals surface area (Å²) >= 11 is 0. The number of hydrogen-bond donors (Lipinski definition) is 1. The van der Waals surface area contributed by atoms with E-state index in [4.69, 9.17) is 0 Å². The van der Waals surface area contributed by atoms with Crippen molar-refractivity contribution in [1.82, 2.24) is 20.0 Å². The lowest BCUT2D eigenvalue weighted by Crippen LogP contribution is -2.52. The monoisotopic (exact) mass is 378 g/mol. The van der Waals surface area contributed by atoms with E-state index in [2.05, 4.69) is 10.4 Å². The molecule has 1 aliphatic carbocycles. The van der Waals surface area contributed by atoms with Crippen LogP contribution in [0.15, 0.2) is 18.2 Å². The van der Waals surface area contributed by atoms with Gasteiger partial charge in [0.05, 0.1) is 0 Å². The first-order valence-corrected chi connectivity index (χ1v) is 8.95. The van der Waals surface area contributed by atoms with Gasteiger partial charge in [-0.15, -0.1) is 12.4 Å². The molecule has 0 bridgehead atoms. The maximum atomic E-state index is 14.5. The lowest BCUT2D eigenvalue weighted by Gasteiger charge is -2.33. The van der Waals surface area contributed by atoms with Crippen LogP contribution in [-0.4, -0.2) is 46.3 Å². The van der Waals surface area contributed by atoms with E-state index in [1.807, 2.05) is 24.8 Å². The third kappa shape index (κ3) is 3.12. The van der Waals surface area contributed by atoms with Crippen LogP contribution in [-0.2, 0) is 12.8 Å². The molecule has 140 valence electrons. The molecule has 2 heterocycles. The molecule has 1 fully saturated rings. The largest absolute Gasteiger partial charge is 0.332 e. The Morgan fingerprint density at radius 1 is 1.35 bits per heavy atom. The minimum Gasteiger partial charge on any atom is -0.332 e. The van der Waals surface area contributed by atoms with Crippen LogP contribution >= 0.6 is 12.4 Å². The summed E-state index contributed by atoms with van der Waals surface area (Å²) in [6, 6.07) is 5.27. The van der Waals surface area contributed by atoms with Crippen LogP contribution in [0.3, 0.4) is 0 Å². The van der Waals surface area contributed by atoms with Gasteiger partial charge in [0.2, 0.25) is 0 Å². The Labute approximate surface area is 159 Å². The highest BCUT2D eigenvalue weighted by atomic mass is 35.5. The van der Waals surface area contributed by atoms with Crippen molar-refractivity contribution in [2.24, 2.45) is 0 Å². The van der Waals surface area contributed by atoms with Crippen LogP contribution in [0.2, 0.25) is 0 Å². The zero-order valence-electron chi connectivity index (χ0n) is 15.1. The van der Waals surface area contributed by atoms with Crippen LogP contribution in [0.4, 0.5) is 4.39 Å². The van der Waals surface area contributed by atoms with Crippen LogP contribution < -0.4 is 5.32 Å². The number of rotatable bonds is 2. The van der Waals surface area contributed by atoms with Crippen LogP contribution in [0.25, 0.3) is 5.69 Å². The van der Waals surface area contributed by atoms with E-state index in [0.29, 0.717) is 17.9 Å². The zero-order chi connectivity index (χ0) is 17.6. The molecule has 26 heavy (non-hydrogen) atoms. The standard InChI is InChI=1S/C19H23FN4O.ClH/c1-12-6-7-17(15(20)10-12)24-16-5-3-4-14(16)18(22-24)19(25)23-9-8-21-11-13(23)2;/h6-7,10,13,21H,3-5,8-9,11H2,1-2H3;1H. The molecule has 1 aromatic heterocycles. The molecule has 1 atom stereocenters. The van der Waals surface area contributed by atoms with Crippen molar-refractivity contribution >= 4 is 18.3 Å². The normalized spacial score (nSPS) is 19.2. The Hall–Kier alpha value is -1.92. The molecule has 0 radical (unpaired) electrons. The number of fused-ring (bicyclic) bond motifs is 1. The molecule has 5 nitrogen and oxygen atoms in total. The van der Waals surface area contributed by atoms with E-state index in [1.54, 1.807) is 10.7 Å². The Morgan fingerprint density at radius 3 is 2.88 bits per heavy atom. The van der Waals surface area contributed by atoms with Gasteiger partial charge in [0.25, 0.3) is 5.91 Å². The topological polar surface area (TPSA) is 50.2 Å². The van der Waals surface area contributed by atoms with E-state index >= 15 is 0 Å². The molecule has 1 N–H and O–H groups in total. The molecule has 2 aliphatic rings. The van der Waals surface area contributed by atoms with Crippen LogP contribution in [0, 0.1) is 12.7 Å². The number of carbonyl (C=O) groups excluding carboxylic acids is 1. The van der Waals surface area contributed by atoms with Gasteiger partial charge in [0.1, 0.15) is 11.5 Å². The first kappa shape index (κ1) is 18.9. The van der Waals surface area contributed by atoms with Crippen molar-refractivity contribution in [1.29, 1.82) is 0 Å². The highest BCUT2D eigenvalue weighted by Crippen LogP contribution is 2.30. The Bertz CT molecular complexity index is 835. The number of aromatic nitrogens is 2. The Balaban J connectivity index is 0.00000196. The molecule has 1 saturated heterocycles. The van der Waals surface area contributed by atoms with Gasteiger partial charge in [0.15, 0.2) is 5.69 Å². The minimum absolute atomic E-state index is 0. The number of aryl methyl sites for hydroxylation is 1. The Morgan fingerprint density at radius 2 is 2.15 bits per heavy atom. The molecule has 1 amide bonds. The lowest BCUT2D eigenvalue weighted by atomic mass is 10.1. The fourth-order valence-electron chi connectivity index (χ4n) is 3.87. The summed E-state index contributed by atoms with van der Waals surface area (Å²) in [5, 5.41) is 7.87. The smallest absolute Gasteiger partial charge is 0.274 e. The second-order valence-electron chi connectivity index (χ2n) is 7.05. The molecule has 2 aromatic rings. The maximum absolute atomic E-state index is 14.5. The average molecular weight is 379 g/mol. The predicted molar refractivity (Wildman–Crippen MR) is 101 cm³/mol. The summed E-state index contributed by atoms with van der Waals surface area (Å²) in [6.45, 7) is 6.18. The van der Waals surface area contributed by atoms with Crippen molar-refractivity contribution in [3.63, 3.8) is 0 Å². The van der Waals surface area contributed by atoms with Crippen molar-refractivity contribution < 1.29 is 9.18 Å². The summed E-state index contributed by atoms with van der Waals surface area (Å²) in [7, 11) is 0. The van der Waals surface area contributed by atoms with Gasteiger partial charge >= 0.3 is 0 Å². The van der Waals surface area contributed by atoms with Gasteiger partial charge in [-0.1, -0.05) is 6.07 Å². The van der Waals surface area contributed by atoms with Crippen molar-refractivity contribution in [2.75, 3.05) is 19.6 Å². The quantitative estimate of drug-likeness (QED) is 0.874. The first-order valence-electron chi connectivity index (χ1n) is 8.95. The van der Waals surface area contributed by atoms with Crippen LogP contribution in [0.5, 0.6) is 0 Å². The van der Waals surface area contributed by atoms with Gasteiger partial charge in [-0.05, 0) is 50.8 Å². The van der Waals surface area contributed by atoms with Gasteiger partial charge in [0, 0.05) is 36.9 Å². The number of benzene rings is 1. The van der Waals surface area contributed by atoms with Crippen molar-refractivity contribution in [2.45, 2.75) is 39.2 Å². The zero-order valence-corrected chi connectivity index (χ0v) is 15.9. The fourth-order valence-corrected chi connectivity index (χ4v) is 3.87. The summed E-state index contributed by atoms with van der Waals surface area (Å²) < 4.78 is 16.1. The molecule has 1 unspecified atom stereocenters. The van der Waals surface area contributed by atoms with Crippen LogP contribution in [0.1, 0.15) is 40.7 Å². The third-order valence-electron chi connectivity index (χ3n) is 5.23. The SMILES string of the molecule is Cc1ccc(-n2nc(C(=O)N3CCNCC3C)c3c2CCC3)c(F)c1.Cl. The predicted octanol–water partition coefficient (Wildman–Crippen LogP) is 2.66. The minimum atomic E-state index is -0.299. The highest BCUT2D eigenvalue weighted by molar-refractivity contribution is 5.94. The average Bonchev–Trinajstić information content (AvgIpc) is 3.18. The number of halogens is 2. The molecule has 4 rings (SSSR count). The maximum Gasteiger partial charge on any atom is 0.274 e. The molecule has 7 heteroatoms. The Kier molecular flexibility index (Phi) is 5.34. The highest BCUT2D eigenvalue weighted by Gasteiger charge is 2.32. The van der Waals surface area contributed by atoms with E-state index in [0.717, 1.165) is 49.2 Å². The molecule has 1 aliphatic heterocycles. The summed E-state index contributed by atoms with van der Waals surface area (Å²) in [5.41, 5.74) is 3.78. The second kappa shape index (κ2) is 7.37. The van der Waals surface area contributed by atoms with Gasteiger partial charge < -0.3 is 10.2 Å². The lowest BCUT2D eigenvalue weighted by molar-refractivity contribution is 0.0648. The van der Waals surface area contributed by atoms with Crippen molar-refractivity contribution in [3.8, 4) is 5.69 Å². The van der Waals surface area contributed by atoms with Gasteiger partial charge in [-0.2, -0.15) is 5.10 Å². The van der Waals surface area contributed by atoms with E-state index in [9.17, 15) is 9.18 Å². The third-order valence-corrected chi connectivity index (χ3v) is 5.23.